The minimum Gasteiger partial charge on any atom is -0.255 e. The highest BCUT2D eigenvalue weighted by Gasteiger charge is 2.21. The number of benzene rings is 2. The SMILES string of the molecule is Cc1cc(C)cc(-c2nccc3c(C)c(-c4sc(-c5ccc(CC(C)C)cc5)c(C)c4C)sc23)c1. The van der Waals surface area contributed by atoms with E-state index < -0.39 is 0 Å². The van der Waals surface area contributed by atoms with Gasteiger partial charge in [0.15, 0.2) is 0 Å². The maximum atomic E-state index is 4.84. The highest BCUT2D eigenvalue weighted by Crippen LogP contribution is 2.48. The average molecular weight is 496 g/mol. The van der Waals surface area contributed by atoms with Crippen LogP contribution in [0, 0.1) is 40.5 Å². The molecule has 0 bridgehead atoms. The molecule has 0 amide bonds. The number of thiophene rings is 2. The molecule has 178 valence electrons. The lowest BCUT2D eigenvalue weighted by atomic mass is 10.00. The Balaban J connectivity index is 1.62. The summed E-state index contributed by atoms with van der Waals surface area (Å²) in [7, 11) is 0. The lowest BCUT2D eigenvalue weighted by Crippen LogP contribution is -1.93. The van der Waals surface area contributed by atoms with Crippen molar-refractivity contribution in [3.05, 3.63) is 88.1 Å². The van der Waals surface area contributed by atoms with Crippen LogP contribution in [-0.2, 0) is 6.42 Å². The second-order valence-electron chi connectivity index (χ2n) is 10.3. The average Bonchev–Trinajstić information content (AvgIpc) is 3.29. The number of rotatable bonds is 5. The summed E-state index contributed by atoms with van der Waals surface area (Å²) in [5.74, 6) is 0.678. The molecular formula is C32H33NS2. The number of hydrogen-bond acceptors (Lipinski definition) is 3. The fraction of sp³-hybridized carbons (Fsp3) is 0.281. The molecule has 5 rings (SSSR count). The normalized spacial score (nSPS) is 11.7. The second-order valence-corrected chi connectivity index (χ2v) is 12.3. The molecule has 0 radical (unpaired) electrons. The molecule has 0 aliphatic carbocycles. The monoisotopic (exact) mass is 495 g/mol. The van der Waals surface area contributed by atoms with Gasteiger partial charge in [-0.2, -0.15) is 0 Å². The zero-order valence-electron chi connectivity index (χ0n) is 21.7. The van der Waals surface area contributed by atoms with Crippen molar-refractivity contribution >= 4 is 32.8 Å². The Labute approximate surface area is 217 Å². The van der Waals surface area contributed by atoms with E-state index >= 15 is 0 Å². The van der Waals surface area contributed by atoms with Gasteiger partial charge in [-0.05, 0) is 98.4 Å². The summed E-state index contributed by atoms with van der Waals surface area (Å²) in [4.78, 5) is 9.01. The molecule has 0 aliphatic heterocycles. The maximum Gasteiger partial charge on any atom is 0.0880 e. The summed E-state index contributed by atoms with van der Waals surface area (Å²) >= 11 is 3.84. The molecule has 5 aromatic rings. The van der Waals surface area contributed by atoms with Crippen LogP contribution < -0.4 is 0 Å². The molecule has 2 aromatic carbocycles. The van der Waals surface area contributed by atoms with Crippen LogP contribution in [0.1, 0.15) is 47.2 Å². The Kier molecular flexibility index (Phi) is 6.41. The summed E-state index contributed by atoms with van der Waals surface area (Å²) < 4.78 is 1.29. The number of fused-ring (bicyclic) bond motifs is 1. The number of aryl methyl sites for hydroxylation is 3. The van der Waals surface area contributed by atoms with E-state index in [4.69, 9.17) is 4.98 Å². The molecule has 0 saturated heterocycles. The third-order valence-corrected chi connectivity index (χ3v) is 9.78. The van der Waals surface area contributed by atoms with Gasteiger partial charge in [0.05, 0.1) is 10.4 Å². The first-order chi connectivity index (χ1) is 16.7. The number of hydrogen-bond donors (Lipinski definition) is 0. The topological polar surface area (TPSA) is 12.9 Å². The summed E-state index contributed by atoms with van der Waals surface area (Å²) in [5, 5.41) is 1.32. The molecule has 0 atom stereocenters. The van der Waals surface area contributed by atoms with Crippen LogP contribution in [0.4, 0.5) is 0 Å². The van der Waals surface area contributed by atoms with Crippen molar-refractivity contribution in [2.75, 3.05) is 0 Å². The molecule has 1 nitrogen and oxygen atoms in total. The third-order valence-electron chi connectivity index (χ3n) is 6.86. The zero-order chi connectivity index (χ0) is 24.9. The first-order valence-corrected chi connectivity index (χ1v) is 14.0. The first-order valence-electron chi connectivity index (χ1n) is 12.4. The van der Waals surface area contributed by atoms with E-state index in [1.807, 2.05) is 28.9 Å². The number of aromatic nitrogens is 1. The van der Waals surface area contributed by atoms with Gasteiger partial charge in [-0.15, -0.1) is 22.7 Å². The lowest BCUT2D eigenvalue weighted by Gasteiger charge is -2.06. The molecule has 3 aromatic heterocycles. The van der Waals surface area contributed by atoms with Gasteiger partial charge in [0.25, 0.3) is 0 Å². The van der Waals surface area contributed by atoms with Gasteiger partial charge >= 0.3 is 0 Å². The lowest BCUT2D eigenvalue weighted by molar-refractivity contribution is 0.647. The van der Waals surface area contributed by atoms with Crippen LogP contribution in [0.2, 0.25) is 0 Å². The fourth-order valence-electron chi connectivity index (χ4n) is 5.03. The van der Waals surface area contributed by atoms with Gasteiger partial charge in [-0.25, -0.2) is 0 Å². The van der Waals surface area contributed by atoms with Crippen LogP contribution in [0.3, 0.4) is 0 Å². The second kappa shape index (κ2) is 9.37. The number of nitrogens with zero attached hydrogens (tertiary/aromatic N) is 1. The molecule has 0 aliphatic rings. The van der Waals surface area contributed by atoms with Crippen molar-refractivity contribution in [3.8, 4) is 31.5 Å². The van der Waals surface area contributed by atoms with Crippen molar-refractivity contribution in [2.45, 2.75) is 54.9 Å². The molecular weight excluding hydrogens is 462 g/mol. The van der Waals surface area contributed by atoms with Crippen molar-refractivity contribution < 1.29 is 0 Å². The maximum absolute atomic E-state index is 4.84. The van der Waals surface area contributed by atoms with E-state index in [0.29, 0.717) is 5.92 Å². The Morgan fingerprint density at radius 3 is 1.97 bits per heavy atom. The van der Waals surface area contributed by atoms with Crippen LogP contribution in [-0.4, -0.2) is 4.98 Å². The van der Waals surface area contributed by atoms with Gasteiger partial charge in [0, 0.05) is 26.4 Å². The van der Waals surface area contributed by atoms with Crippen molar-refractivity contribution in [1.29, 1.82) is 0 Å². The molecule has 0 spiro atoms. The summed E-state index contributed by atoms with van der Waals surface area (Å²) in [5.41, 5.74) is 11.8. The largest absolute Gasteiger partial charge is 0.255 e. The van der Waals surface area contributed by atoms with E-state index in [2.05, 4.69) is 97.0 Å². The summed E-state index contributed by atoms with van der Waals surface area (Å²) in [6, 6.07) is 18.1. The molecule has 0 fully saturated rings. The molecule has 0 unspecified atom stereocenters. The van der Waals surface area contributed by atoms with E-state index in [1.165, 1.54) is 69.2 Å². The highest BCUT2D eigenvalue weighted by molar-refractivity contribution is 7.27. The van der Waals surface area contributed by atoms with E-state index in [9.17, 15) is 0 Å². The van der Waals surface area contributed by atoms with Gasteiger partial charge in [-0.3, -0.25) is 4.98 Å². The van der Waals surface area contributed by atoms with Crippen molar-refractivity contribution in [1.82, 2.24) is 4.98 Å². The standard InChI is InChI=1S/C32H33NS2/c1-18(2)14-24-8-10-25(11-9-24)29-21(5)22(6)30(34-29)31-23(7)27-12-13-33-28(32(27)35-31)26-16-19(3)15-20(4)17-26/h8-13,15-18H,14H2,1-7H3. The highest BCUT2D eigenvalue weighted by atomic mass is 32.1. The first kappa shape index (κ1) is 24.0. The molecule has 35 heavy (non-hydrogen) atoms. The van der Waals surface area contributed by atoms with Gasteiger partial charge in [0.1, 0.15) is 0 Å². The molecule has 3 heteroatoms. The van der Waals surface area contributed by atoms with Crippen molar-refractivity contribution in [2.24, 2.45) is 5.92 Å². The van der Waals surface area contributed by atoms with E-state index in [1.54, 1.807) is 0 Å². The summed E-state index contributed by atoms with van der Waals surface area (Å²) in [6.45, 7) is 15.7. The Hall–Kier alpha value is -2.75. The summed E-state index contributed by atoms with van der Waals surface area (Å²) in [6.07, 6.45) is 3.10. The molecule has 3 heterocycles. The Bertz CT molecular complexity index is 1510. The molecule has 0 saturated carbocycles. The van der Waals surface area contributed by atoms with Crippen LogP contribution >= 0.6 is 22.7 Å². The van der Waals surface area contributed by atoms with Crippen LogP contribution in [0.15, 0.2) is 54.7 Å². The molecule has 0 N–H and O–H groups in total. The van der Waals surface area contributed by atoms with Crippen molar-refractivity contribution in [3.63, 3.8) is 0 Å². The minimum absolute atomic E-state index is 0.678. The predicted octanol–water partition coefficient (Wildman–Crippen LogP) is 10.1. The smallest absolute Gasteiger partial charge is 0.0880 e. The van der Waals surface area contributed by atoms with Crippen LogP contribution in [0.5, 0.6) is 0 Å². The zero-order valence-corrected chi connectivity index (χ0v) is 23.4. The van der Waals surface area contributed by atoms with Gasteiger partial charge in [0.2, 0.25) is 0 Å². The van der Waals surface area contributed by atoms with E-state index in [-0.39, 0.29) is 0 Å². The fourth-order valence-corrected chi connectivity index (χ4v) is 7.91. The minimum atomic E-state index is 0.678. The van der Waals surface area contributed by atoms with Gasteiger partial charge in [-0.1, -0.05) is 55.3 Å². The van der Waals surface area contributed by atoms with Gasteiger partial charge < -0.3 is 0 Å². The quantitative estimate of drug-likeness (QED) is 0.236. The Morgan fingerprint density at radius 1 is 0.686 bits per heavy atom. The number of pyridine rings is 1. The van der Waals surface area contributed by atoms with Crippen LogP contribution in [0.25, 0.3) is 41.5 Å². The Morgan fingerprint density at radius 2 is 1.31 bits per heavy atom. The third kappa shape index (κ3) is 4.48. The predicted molar refractivity (Wildman–Crippen MR) is 156 cm³/mol. The van der Waals surface area contributed by atoms with E-state index in [0.717, 1.165) is 12.1 Å².